The lowest BCUT2D eigenvalue weighted by molar-refractivity contribution is 0.181. The van der Waals surface area contributed by atoms with Gasteiger partial charge in [0.05, 0.1) is 0 Å². The van der Waals surface area contributed by atoms with Crippen LogP contribution in [0, 0.1) is 17.8 Å². The molecule has 1 heterocycles. The number of nitrogens with one attached hydrogen (secondary N) is 1. The average Bonchev–Trinajstić information content (AvgIpc) is 2.41. The third-order valence-corrected chi connectivity index (χ3v) is 5.64. The number of hydrogen-bond acceptors (Lipinski definition) is 2. The standard InChI is InChI=1S/C17H34N2/c1-14-8-12-19(13-9-14)11-5-10-18-17-7-4-6-15(2)16(17)3/h14-18H,4-13H2,1-3H3. The van der Waals surface area contributed by atoms with Crippen LogP contribution in [0.5, 0.6) is 0 Å². The van der Waals surface area contributed by atoms with E-state index >= 15 is 0 Å². The minimum Gasteiger partial charge on any atom is -0.314 e. The van der Waals surface area contributed by atoms with E-state index in [-0.39, 0.29) is 0 Å². The summed E-state index contributed by atoms with van der Waals surface area (Å²) in [5.74, 6) is 2.73. The van der Waals surface area contributed by atoms with Crippen LogP contribution in [0.3, 0.4) is 0 Å². The van der Waals surface area contributed by atoms with Crippen LogP contribution in [-0.4, -0.2) is 37.1 Å². The fourth-order valence-corrected chi connectivity index (χ4v) is 3.75. The van der Waals surface area contributed by atoms with Gasteiger partial charge in [-0.3, -0.25) is 0 Å². The van der Waals surface area contributed by atoms with Gasteiger partial charge in [0.1, 0.15) is 0 Å². The molecule has 2 nitrogen and oxygen atoms in total. The van der Waals surface area contributed by atoms with Crippen molar-refractivity contribution < 1.29 is 0 Å². The zero-order valence-corrected chi connectivity index (χ0v) is 13.3. The lowest BCUT2D eigenvalue weighted by Crippen LogP contribution is -2.42. The van der Waals surface area contributed by atoms with Crippen molar-refractivity contribution in [2.75, 3.05) is 26.2 Å². The average molecular weight is 266 g/mol. The molecule has 1 aliphatic heterocycles. The zero-order chi connectivity index (χ0) is 13.7. The van der Waals surface area contributed by atoms with Gasteiger partial charge in [-0.25, -0.2) is 0 Å². The SMILES string of the molecule is CC1CCN(CCCNC2CCCC(C)C2C)CC1. The van der Waals surface area contributed by atoms with Gasteiger partial charge in [0.25, 0.3) is 0 Å². The molecule has 112 valence electrons. The van der Waals surface area contributed by atoms with Gasteiger partial charge in [-0.15, -0.1) is 0 Å². The number of rotatable bonds is 5. The molecule has 1 saturated heterocycles. The first kappa shape index (κ1) is 15.3. The second-order valence-electron chi connectivity index (χ2n) is 7.21. The molecule has 0 radical (unpaired) electrons. The van der Waals surface area contributed by atoms with Crippen molar-refractivity contribution in [2.24, 2.45) is 17.8 Å². The third-order valence-electron chi connectivity index (χ3n) is 5.64. The Balaban J connectivity index is 1.56. The Kier molecular flexibility index (Phi) is 6.15. The minimum atomic E-state index is 0.783. The predicted octanol–water partition coefficient (Wildman–Crippen LogP) is 3.52. The topological polar surface area (TPSA) is 15.3 Å². The molecule has 0 aromatic carbocycles. The molecule has 0 bridgehead atoms. The maximum atomic E-state index is 3.82. The molecular formula is C17H34N2. The first-order valence-electron chi connectivity index (χ1n) is 8.62. The predicted molar refractivity (Wildman–Crippen MR) is 83.4 cm³/mol. The third kappa shape index (κ3) is 4.75. The van der Waals surface area contributed by atoms with E-state index in [1.54, 1.807) is 0 Å². The Bertz CT molecular complexity index is 246. The Morgan fingerprint density at radius 1 is 1.00 bits per heavy atom. The van der Waals surface area contributed by atoms with Gasteiger partial charge < -0.3 is 10.2 Å². The number of likely N-dealkylation sites (tertiary alicyclic amines) is 1. The molecule has 2 aliphatic rings. The molecule has 3 atom stereocenters. The molecule has 2 fully saturated rings. The van der Waals surface area contributed by atoms with Gasteiger partial charge in [-0.05, 0) is 69.6 Å². The number of piperidine rings is 1. The summed E-state index contributed by atoms with van der Waals surface area (Å²) in [5.41, 5.74) is 0. The molecule has 1 aliphatic carbocycles. The second-order valence-corrected chi connectivity index (χ2v) is 7.21. The van der Waals surface area contributed by atoms with Crippen molar-refractivity contribution >= 4 is 0 Å². The summed E-state index contributed by atoms with van der Waals surface area (Å²) in [5, 5.41) is 3.82. The van der Waals surface area contributed by atoms with Crippen molar-refractivity contribution in [3.05, 3.63) is 0 Å². The lowest BCUT2D eigenvalue weighted by atomic mass is 9.78. The molecule has 2 rings (SSSR count). The maximum absolute atomic E-state index is 3.82. The van der Waals surface area contributed by atoms with E-state index in [0.717, 1.165) is 23.8 Å². The lowest BCUT2D eigenvalue weighted by Gasteiger charge is -2.35. The van der Waals surface area contributed by atoms with E-state index in [9.17, 15) is 0 Å². The Hall–Kier alpha value is -0.0800. The Morgan fingerprint density at radius 2 is 1.74 bits per heavy atom. The molecular weight excluding hydrogens is 232 g/mol. The molecule has 0 aromatic heterocycles. The van der Waals surface area contributed by atoms with E-state index < -0.39 is 0 Å². The number of nitrogens with zero attached hydrogens (tertiary/aromatic N) is 1. The van der Waals surface area contributed by atoms with Gasteiger partial charge in [0, 0.05) is 6.04 Å². The summed E-state index contributed by atoms with van der Waals surface area (Å²) in [4.78, 5) is 2.66. The highest BCUT2D eigenvalue weighted by Crippen LogP contribution is 2.29. The zero-order valence-electron chi connectivity index (χ0n) is 13.3. The largest absolute Gasteiger partial charge is 0.314 e. The first-order valence-corrected chi connectivity index (χ1v) is 8.62. The summed E-state index contributed by atoms with van der Waals surface area (Å²) in [6.45, 7) is 12.4. The molecule has 2 heteroatoms. The summed E-state index contributed by atoms with van der Waals surface area (Å²) in [6.07, 6.45) is 8.40. The number of hydrogen-bond donors (Lipinski definition) is 1. The van der Waals surface area contributed by atoms with Gasteiger partial charge >= 0.3 is 0 Å². The fourth-order valence-electron chi connectivity index (χ4n) is 3.75. The first-order chi connectivity index (χ1) is 9.16. The molecule has 0 aromatic rings. The van der Waals surface area contributed by atoms with Gasteiger partial charge in [0.15, 0.2) is 0 Å². The van der Waals surface area contributed by atoms with E-state index in [2.05, 4.69) is 31.0 Å². The summed E-state index contributed by atoms with van der Waals surface area (Å²) < 4.78 is 0. The van der Waals surface area contributed by atoms with E-state index in [4.69, 9.17) is 0 Å². The van der Waals surface area contributed by atoms with Crippen LogP contribution in [0.15, 0.2) is 0 Å². The molecule has 1 saturated carbocycles. The smallest absolute Gasteiger partial charge is 0.00952 e. The van der Waals surface area contributed by atoms with Crippen molar-refractivity contribution in [3.63, 3.8) is 0 Å². The van der Waals surface area contributed by atoms with Gasteiger partial charge in [-0.2, -0.15) is 0 Å². The maximum Gasteiger partial charge on any atom is 0.00952 e. The van der Waals surface area contributed by atoms with Crippen LogP contribution in [-0.2, 0) is 0 Å². The Morgan fingerprint density at radius 3 is 2.47 bits per heavy atom. The summed E-state index contributed by atoms with van der Waals surface area (Å²) in [6, 6.07) is 0.783. The van der Waals surface area contributed by atoms with Crippen molar-refractivity contribution in [1.29, 1.82) is 0 Å². The molecule has 1 N–H and O–H groups in total. The highest BCUT2D eigenvalue weighted by atomic mass is 15.1. The van der Waals surface area contributed by atoms with Gasteiger partial charge in [-0.1, -0.05) is 33.6 Å². The highest BCUT2D eigenvalue weighted by Gasteiger charge is 2.26. The molecule has 3 unspecified atom stereocenters. The molecule has 0 spiro atoms. The van der Waals surface area contributed by atoms with Crippen LogP contribution in [0.4, 0.5) is 0 Å². The van der Waals surface area contributed by atoms with Crippen LogP contribution in [0.1, 0.15) is 59.3 Å². The molecule has 0 amide bonds. The van der Waals surface area contributed by atoms with Crippen molar-refractivity contribution in [2.45, 2.75) is 65.3 Å². The van der Waals surface area contributed by atoms with Crippen molar-refractivity contribution in [3.8, 4) is 0 Å². The van der Waals surface area contributed by atoms with E-state index in [1.807, 2.05) is 0 Å². The quantitative estimate of drug-likeness (QED) is 0.766. The highest BCUT2D eigenvalue weighted by molar-refractivity contribution is 4.82. The van der Waals surface area contributed by atoms with E-state index in [0.29, 0.717) is 0 Å². The van der Waals surface area contributed by atoms with Crippen LogP contribution in [0.25, 0.3) is 0 Å². The van der Waals surface area contributed by atoms with Crippen molar-refractivity contribution in [1.82, 2.24) is 10.2 Å². The monoisotopic (exact) mass is 266 g/mol. The second kappa shape index (κ2) is 7.64. The van der Waals surface area contributed by atoms with Gasteiger partial charge in [0.2, 0.25) is 0 Å². The van der Waals surface area contributed by atoms with E-state index in [1.165, 1.54) is 64.7 Å². The normalized spacial score (nSPS) is 34.6. The molecule has 19 heavy (non-hydrogen) atoms. The van der Waals surface area contributed by atoms with Crippen LogP contribution in [0.2, 0.25) is 0 Å². The summed E-state index contributed by atoms with van der Waals surface area (Å²) >= 11 is 0. The summed E-state index contributed by atoms with van der Waals surface area (Å²) in [7, 11) is 0. The fraction of sp³-hybridized carbons (Fsp3) is 1.00. The van der Waals surface area contributed by atoms with Crippen LogP contribution >= 0.6 is 0 Å². The minimum absolute atomic E-state index is 0.783. The Labute approximate surface area is 120 Å². The van der Waals surface area contributed by atoms with Crippen LogP contribution < -0.4 is 5.32 Å².